The lowest BCUT2D eigenvalue weighted by atomic mass is 9.82. The van der Waals surface area contributed by atoms with Crippen molar-refractivity contribution < 1.29 is 0 Å². The molecule has 0 bridgehead atoms. The van der Waals surface area contributed by atoms with Gasteiger partial charge in [0.05, 0.1) is 0 Å². The van der Waals surface area contributed by atoms with Gasteiger partial charge in [0.25, 0.3) is 0 Å². The smallest absolute Gasteiger partial charge is 0.00204 e. The summed E-state index contributed by atoms with van der Waals surface area (Å²) in [6.45, 7) is 8.50. The van der Waals surface area contributed by atoms with Crippen LogP contribution in [0.3, 0.4) is 0 Å². The summed E-state index contributed by atoms with van der Waals surface area (Å²) in [7, 11) is 0. The van der Waals surface area contributed by atoms with Gasteiger partial charge in [-0.3, -0.25) is 0 Å². The molecule has 0 amide bonds. The molecule has 0 heteroatoms. The predicted octanol–water partition coefficient (Wildman–Crippen LogP) is 10.3. The summed E-state index contributed by atoms with van der Waals surface area (Å²) in [5.74, 6) is 0. The largest absolute Gasteiger partial charge is 0.0984 e. The number of rotatable bonds is 5. The van der Waals surface area contributed by atoms with Crippen molar-refractivity contribution in [2.75, 3.05) is 0 Å². The zero-order valence-corrected chi connectivity index (χ0v) is 20.1. The second-order valence-corrected chi connectivity index (χ2v) is 9.00. The van der Waals surface area contributed by atoms with Crippen molar-refractivity contribution in [1.29, 1.82) is 0 Å². The van der Waals surface area contributed by atoms with Crippen LogP contribution in [0, 0.1) is 0 Å². The van der Waals surface area contributed by atoms with E-state index in [1.807, 2.05) is 12.2 Å². The maximum absolute atomic E-state index is 4.25. The van der Waals surface area contributed by atoms with Gasteiger partial charge in [0, 0.05) is 0 Å². The van der Waals surface area contributed by atoms with Gasteiger partial charge in [-0.1, -0.05) is 147 Å². The van der Waals surface area contributed by atoms with Crippen molar-refractivity contribution in [1.82, 2.24) is 0 Å². The molecular weight excluding hydrogens is 432 g/mol. The molecule has 0 radical (unpaired) electrons. The fraction of sp³-hybridized carbons (Fsp3) is 0. The first-order chi connectivity index (χ1) is 17.8. The summed E-state index contributed by atoms with van der Waals surface area (Å²) >= 11 is 0. The lowest BCUT2D eigenvalue weighted by molar-refractivity contribution is 1.58. The lowest BCUT2D eigenvalue weighted by Gasteiger charge is -2.21. The van der Waals surface area contributed by atoms with Crippen molar-refractivity contribution in [3.05, 3.63) is 146 Å². The fourth-order valence-electron chi connectivity index (χ4n) is 5.41. The van der Waals surface area contributed by atoms with Gasteiger partial charge in [0.15, 0.2) is 0 Å². The van der Waals surface area contributed by atoms with E-state index in [0.717, 1.165) is 11.1 Å². The van der Waals surface area contributed by atoms with Gasteiger partial charge in [-0.2, -0.15) is 0 Å². The quantitative estimate of drug-likeness (QED) is 0.241. The van der Waals surface area contributed by atoms with Crippen LogP contribution in [0.15, 0.2) is 134 Å². The molecule has 0 aliphatic rings. The number of fused-ring (bicyclic) bond motifs is 2. The summed E-state index contributed by atoms with van der Waals surface area (Å²) in [6, 6.07) is 43.2. The highest BCUT2D eigenvalue weighted by molar-refractivity contribution is 6.15. The molecule has 0 fully saturated rings. The van der Waals surface area contributed by atoms with Crippen LogP contribution in [0.25, 0.3) is 67.1 Å². The lowest BCUT2D eigenvalue weighted by Crippen LogP contribution is -1.96. The van der Waals surface area contributed by atoms with E-state index in [9.17, 15) is 0 Å². The highest BCUT2D eigenvalue weighted by atomic mass is 14.2. The predicted molar refractivity (Wildman–Crippen MR) is 158 cm³/mol. The summed E-state index contributed by atoms with van der Waals surface area (Å²) in [5, 5.41) is 4.91. The first-order valence-corrected chi connectivity index (χ1v) is 12.3. The van der Waals surface area contributed by atoms with E-state index in [2.05, 4.69) is 134 Å². The number of hydrogen-bond donors (Lipinski definition) is 0. The molecule has 170 valence electrons. The molecule has 0 heterocycles. The number of hydrogen-bond acceptors (Lipinski definition) is 0. The van der Waals surface area contributed by atoms with E-state index in [1.165, 1.54) is 54.9 Å². The minimum atomic E-state index is 1.11. The second kappa shape index (κ2) is 9.17. The zero-order chi connectivity index (χ0) is 24.5. The van der Waals surface area contributed by atoms with Crippen molar-refractivity contribution >= 4 is 33.7 Å². The van der Waals surface area contributed by atoms with Gasteiger partial charge in [-0.05, 0) is 66.1 Å². The molecule has 0 N–H and O–H groups in total. The van der Waals surface area contributed by atoms with Gasteiger partial charge in [0.2, 0.25) is 0 Å². The summed E-state index contributed by atoms with van der Waals surface area (Å²) < 4.78 is 0. The third-order valence-corrected chi connectivity index (χ3v) is 7.04. The van der Waals surface area contributed by atoms with E-state index in [4.69, 9.17) is 0 Å². The molecule has 0 saturated heterocycles. The van der Waals surface area contributed by atoms with Crippen LogP contribution >= 0.6 is 0 Å². The van der Waals surface area contributed by atoms with E-state index in [1.54, 1.807) is 0 Å². The Labute approximate surface area is 212 Å². The molecule has 36 heavy (non-hydrogen) atoms. The maximum Gasteiger partial charge on any atom is -0.00204 e. The minimum Gasteiger partial charge on any atom is -0.0984 e. The zero-order valence-electron chi connectivity index (χ0n) is 20.1. The Morgan fingerprint density at radius 3 is 1.58 bits per heavy atom. The first-order valence-electron chi connectivity index (χ1n) is 12.3. The third kappa shape index (κ3) is 3.56. The van der Waals surface area contributed by atoms with Crippen LogP contribution in [0.2, 0.25) is 0 Å². The summed E-state index contributed by atoms with van der Waals surface area (Å²) in [5.41, 5.74) is 9.44. The van der Waals surface area contributed by atoms with Crippen molar-refractivity contribution in [3.63, 3.8) is 0 Å². The van der Waals surface area contributed by atoms with E-state index >= 15 is 0 Å². The first kappa shape index (κ1) is 21.8. The van der Waals surface area contributed by atoms with Crippen molar-refractivity contribution in [3.8, 4) is 33.4 Å². The Kier molecular flexibility index (Phi) is 5.56. The molecule has 6 aromatic rings. The SMILES string of the molecule is C=Cc1c(C=C)c(-c2cccc3ccccc23)c2ccccc2c1-c1ccc(-c2ccccc2)cc1. The number of benzene rings is 6. The van der Waals surface area contributed by atoms with Crippen LogP contribution in [0.5, 0.6) is 0 Å². The fourth-order valence-corrected chi connectivity index (χ4v) is 5.41. The molecule has 0 aliphatic carbocycles. The molecule has 6 aromatic carbocycles. The Morgan fingerprint density at radius 2 is 0.889 bits per heavy atom. The van der Waals surface area contributed by atoms with Gasteiger partial charge < -0.3 is 0 Å². The Balaban J connectivity index is 1.66. The van der Waals surface area contributed by atoms with Crippen LogP contribution in [-0.4, -0.2) is 0 Å². The average molecular weight is 459 g/mol. The minimum absolute atomic E-state index is 1.11. The maximum atomic E-state index is 4.25. The summed E-state index contributed by atoms with van der Waals surface area (Å²) in [6.07, 6.45) is 3.97. The van der Waals surface area contributed by atoms with Crippen LogP contribution in [0.1, 0.15) is 11.1 Å². The molecule has 0 spiro atoms. The van der Waals surface area contributed by atoms with E-state index in [0.29, 0.717) is 0 Å². The molecule has 0 saturated carbocycles. The standard InChI is InChI=1S/C36H26/c1-3-29-30(4-2)36(32-20-12-16-27-15-8-9-17-31(27)32)34-19-11-10-18-33(34)35(29)28-23-21-26(22-24-28)25-13-6-5-7-14-25/h3-24H,1-2H2. The average Bonchev–Trinajstić information content (AvgIpc) is 2.96. The normalized spacial score (nSPS) is 11.0. The molecular formula is C36H26. The monoisotopic (exact) mass is 458 g/mol. The Morgan fingerprint density at radius 1 is 0.389 bits per heavy atom. The topological polar surface area (TPSA) is 0 Å². The Hall–Kier alpha value is -4.68. The van der Waals surface area contributed by atoms with Gasteiger partial charge in [-0.15, -0.1) is 0 Å². The second-order valence-electron chi connectivity index (χ2n) is 9.00. The van der Waals surface area contributed by atoms with Crippen molar-refractivity contribution in [2.45, 2.75) is 0 Å². The van der Waals surface area contributed by atoms with E-state index in [-0.39, 0.29) is 0 Å². The molecule has 6 rings (SSSR count). The van der Waals surface area contributed by atoms with Crippen LogP contribution < -0.4 is 0 Å². The molecule has 0 nitrogen and oxygen atoms in total. The third-order valence-electron chi connectivity index (χ3n) is 7.04. The van der Waals surface area contributed by atoms with Gasteiger partial charge in [0.1, 0.15) is 0 Å². The molecule has 0 aliphatic heterocycles. The molecule has 0 unspecified atom stereocenters. The van der Waals surface area contributed by atoms with Crippen LogP contribution in [0.4, 0.5) is 0 Å². The van der Waals surface area contributed by atoms with Crippen LogP contribution in [-0.2, 0) is 0 Å². The molecule has 0 aromatic heterocycles. The molecule has 0 atom stereocenters. The highest BCUT2D eigenvalue weighted by Crippen LogP contribution is 2.45. The Bertz CT molecular complexity index is 1730. The van der Waals surface area contributed by atoms with Gasteiger partial charge >= 0.3 is 0 Å². The summed E-state index contributed by atoms with van der Waals surface area (Å²) in [4.78, 5) is 0. The van der Waals surface area contributed by atoms with Gasteiger partial charge in [-0.25, -0.2) is 0 Å². The van der Waals surface area contributed by atoms with E-state index < -0.39 is 0 Å². The van der Waals surface area contributed by atoms with Crippen molar-refractivity contribution in [2.24, 2.45) is 0 Å². The highest BCUT2D eigenvalue weighted by Gasteiger charge is 2.19.